The van der Waals surface area contributed by atoms with Crippen LogP contribution in [0.2, 0.25) is 0 Å². The van der Waals surface area contributed by atoms with Crippen molar-refractivity contribution in [3.63, 3.8) is 0 Å². The molecule has 0 saturated carbocycles. The molecule has 4 nitrogen and oxygen atoms in total. The minimum Gasteiger partial charge on any atom is -0.491 e. The van der Waals surface area contributed by atoms with Crippen LogP contribution in [-0.2, 0) is 0 Å². The van der Waals surface area contributed by atoms with Crippen molar-refractivity contribution < 1.29 is 4.74 Å². The topological polar surface area (TPSA) is 47.0 Å². The van der Waals surface area contributed by atoms with Gasteiger partial charge in [0.05, 0.1) is 7.11 Å². The van der Waals surface area contributed by atoms with Crippen LogP contribution in [0.1, 0.15) is 13.3 Å². The number of ether oxygens (including phenoxy) is 1. The van der Waals surface area contributed by atoms with E-state index in [1.54, 1.807) is 13.4 Å². The Morgan fingerprint density at radius 3 is 2.58 bits per heavy atom. The van der Waals surface area contributed by atoms with Gasteiger partial charge in [0, 0.05) is 16.6 Å². The van der Waals surface area contributed by atoms with Crippen molar-refractivity contribution in [1.29, 1.82) is 0 Å². The first-order valence-electron chi connectivity index (χ1n) is 6.15. The van der Waals surface area contributed by atoms with Gasteiger partial charge < -0.3 is 10.1 Å². The van der Waals surface area contributed by atoms with Gasteiger partial charge in [0.15, 0.2) is 11.6 Å². The number of methoxy groups -OCH3 is 1. The number of nitrogens with zero attached hydrogens (tertiary/aromatic N) is 2. The van der Waals surface area contributed by atoms with Crippen molar-refractivity contribution in [3.8, 4) is 17.0 Å². The van der Waals surface area contributed by atoms with E-state index in [1.165, 1.54) is 0 Å². The molecule has 0 amide bonds. The first-order valence-corrected chi connectivity index (χ1v) is 6.94. The first kappa shape index (κ1) is 13.8. The lowest BCUT2D eigenvalue weighted by atomic mass is 10.1. The summed E-state index contributed by atoms with van der Waals surface area (Å²) in [6.07, 6.45) is 2.58. The summed E-state index contributed by atoms with van der Waals surface area (Å²) in [6, 6.07) is 7.96. The molecule has 0 aliphatic rings. The average molecular weight is 322 g/mol. The fourth-order valence-corrected chi connectivity index (χ4v) is 2.01. The van der Waals surface area contributed by atoms with Crippen molar-refractivity contribution in [2.24, 2.45) is 0 Å². The van der Waals surface area contributed by atoms with Crippen LogP contribution in [0.5, 0.6) is 5.75 Å². The number of anilines is 1. The second kappa shape index (κ2) is 6.52. The Morgan fingerprint density at radius 2 is 1.95 bits per heavy atom. The molecule has 100 valence electrons. The van der Waals surface area contributed by atoms with Crippen LogP contribution in [0.4, 0.5) is 5.82 Å². The number of rotatable bonds is 5. The summed E-state index contributed by atoms with van der Waals surface area (Å²) in [5.74, 6) is 1.41. The molecule has 1 aromatic carbocycles. The number of benzene rings is 1. The zero-order valence-corrected chi connectivity index (χ0v) is 12.6. The van der Waals surface area contributed by atoms with Crippen molar-refractivity contribution in [3.05, 3.63) is 35.1 Å². The van der Waals surface area contributed by atoms with Crippen LogP contribution in [0, 0.1) is 0 Å². The van der Waals surface area contributed by atoms with Crippen LogP contribution in [0.15, 0.2) is 35.1 Å². The Balaban J connectivity index is 2.42. The third kappa shape index (κ3) is 3.23. The second-order valence-electron chi connectivity index (χ2n) is 4.04. The molecule has 0 atom stereocenters. The summed E-state index contributed by atoms with van der Waals surface area (Å²) in [4.78, 5) is 8.56. The Morgan fingerprint density at radius 1 is 1.21 bits per heavy atom. The molecule has 0 unspecified atom stereocenters. The number of hydrogen-bond acceptors (Lipinski definition) is 4. The van der Waals surface area contributed by atoms with E-state index in [2.05, 4.69) is 38.1 Å². The highest BCUT2D eigenvalue weighted by Gasteiger charge is 2.13. The van der Waals surface area contributed by atoms with Crippen LogP contribution in [-0.4, -0.2) is 23.6 Å². The number of hydrogen-bond donors (Lipinski definition) is 1. The van der Waals surface area contributed by atoms with Gasteiger partial charge in [0.2, 0.25) is 0 Å². The predicted molar refractivity (Wildman–Crippen MR) is 80.5 cm³/mol. The normalized spacial score (nSPS) is 10.3. The maximum Gasteiger partial charge on any atom is 0.187 e. The van der Waals surface area contributed by atoms with E-state index in [-0.39, 0.29) is 0 Å². The van der Waals surface area contributed by atoms with Gasteiger partial charge in [-0.25, -0.2) is 9.97 Å². The lowest BCUT2D eigenvalue weighted by Crippen LogP contribution is -2.05. The summed E-state index contributed by atoms with van der Waals surface area (Å²) in [5.41, 5.74) is 1.80. The number of halogens is 1. The minimum absolute atomic E-state index is 0.679. The molecule has 0 aliphatic carbocycles. The van der Waals surface area contributed by atoms with E-state index in [1.807, 2.05) is 24.3 Å². The van der Waals surface area contributed by atoms with E-state index in [0.29, 0.717) is 5.75 Å². The summed E-state index contributed by atoms with van der Waals surface area (Å²) in [5, 5.41) is 3.25. The molecule has 0 fully saturated rings. The Hall–Kier alpha value is -1.62. The molecule has 0 saturated heterocycles. The van der Waals surface area contributed by atoms with Crippen molar-refractivity contribution in [1.82, 2.24) is 9.97 Å². The van der Waals surface area contributed by atoms with Gasteiger partial charge in [0.25, 0.3) is 0 Å². The van der Waals surface area contributed by atoms with Gasteiger partial charge in [-0.3, -0.25) is 0 Å². The SMILES string of the molecule is CCCNc1ncnc(-c2ccc(Br)cc2)c1OC. The third-order valence-corrected chi connectivity index (χ3v) is 3.20. The maximum atomic E-state index is 5.46. The monoisotopic (exact) mass is 321 g/mol. The van der Waals surface area contributed by atoms with Gasteiger partial charge in [-0.2, -0.15) is 0 Å². The molecule has 0 aliphatic heterocycles. The Labute approximate surface area is 121 Å². The van der Waals surface area contributed by atoms with E-state index >= 15 is 0 Å². The Bertz CT molecular complexity index is 543. The molecule has 0 radical (unpaired) electrons. The zero-order valence-electron chi connectivity index (χ0n) is 11.0. The molecule has 1 heterocycles. The van der Waals surface area contributed by atoms with Crippen LogP contribution < -0.4 is 10.1 Å². The van der Waals surface area contributed by atoms with Crippen molar-refractivity contribution in [2.75, 3.05) is 19.0 Å². The fraction of sp³-hybridized carbons (Fsp3) is 0.286. The van der Waals surface area contributed by atoms with Crippen LogP contribution in [0.25, 0.3) is 11.3 Å². The van der Waals surface area contributed by atoms with Gasteiger partial charge in [-0.15, -0.1) is 0 Å². The van der Waals surface area contributed by atoms with E-state index in [9.17, 15) is 0 Å². The lowest BCUT2D eigenvalue weighted by Gasteiger charge is -2.12. The van der Waals surface area contributed by atoms with E-state index in [4.69, 9.17) is 4.74 Å². The highest BCUT2D eigenvalue weighted by molar-refractivity contribution is 9.10. The molecule has 2 rings (SSSR count). The van der Waals surface area contributed by atoms with Crippen molar-refractivity contribution in [2.45, 2.75) is 13.3 Å². The smallest absolute Gasteiger partial charge is 0.187 e. The molecule has 19 heavy (non-hydrogen) atoms. The van der Waals surface area contributed by atoms with Gasteiger partial charge in [-0.05, 0) is 18.6 Å². The molecule has 2 aromatic rings. The zero-order chi connectivity index (χ0) is 13.7. The summed E-state index contributed by atoms with van der Waals surface area (Å²) in [7, 11) is 1.64. The fourth-order valence-electron chi connectivity index (χ4n) is 1.75. The maximum absolute atomic E-state index is 5.46. The van der Waals surface area contributed by atoms with Gasteiger partial charge in [-0.1, -0.05) is 35.0 Å². The summed E-state index contributed by atoms with van der Waals surface area (Å²) in [6.45, 7) is 2.96. The molecule has 0 bridgehead atoms. The lowest BCUT2D eigenvalue weighted by molar-refractivity contribution is 0.414. The highest BCUT2D eigenvalue weighted by Crippen LogP contribution is 2.33. The van der Waals surface area contributed by atoms with Crippen molar-refractivity contribution >= 4 is 21.7 Å². The highest BCUT2D eigenvalue weighted by atomic mass is 79.9. The standard InChI is InChI=1S/C14H16BrN3O/c1-3-8-16-14-13(19-2)12(17-9-18-14)10-4-6-11(15)7-5-10/h4-7,9H,3,8H2,1-2H3,(H,16,17,18). The molecular weight excluding hydrogens is 306 g/mol. The Kier molecular flexibility index (Phi) is 4.74. The summed E-state index contributed by atoms with van der Waals surface area (Å²) >= 11 is 3.43. The quantitative estimate of drug-likeness (QED) is 0.911. The van der Waals surface area contributed by atoms with Gasteiger partial charge in [0.1, 0.15) is 12.0 Å². The molecular formula is C14H16BrN3O. The average Bonchev–Trinajstić information content (AvgIpc) is 2.45. The second-order valence-corrected chi connectivity index (χ2v) is 4.95. The van der Waals surface area contributed by atoms with E-state index < -0.39 is 0 Å². The molecule has 1 N–H and O–H groups in total. The largest absolute Gasteiger partial charge is 0.491 e. The van der Waals surface area contributed by atoms with Crippen LogP contribution in [0.3, 0.4) is 0 Å². The predicted octanol–water partition coefficient (Wildman–Crippen LogP) is 3.74. The molecule has 0 spiro atoms. The third-order valence-electron chi connectivity index (χ3n) is 2.67. The molecule has 5 heteroatoms. The summed E-state index contributed by atoms with van der Waals surface area (Å²) < 4.78 is 6.49. The van der Waals surface area contributed by atoms with Crippen LogP contribution >= 0.6 is 15.9 Å². The van der Waals surface area contributed by atoms with Gasteiger partial charge >= 0.3 is 0 Å². The molecule has 1 aromatic heterocycles. The first-order chi connectivity index (χ1) is 9.26. The number of nitrogens with one attached hydrogen (secondary N) is 1. The van der Waals surface area contributed by atoms with E-state index in [0.717, 1.165) is 34.5 Å². The number of aromatic nitrogens is 2. The minimum atomic E-state index is 0.679.